The second-order valence-corrected chi connectivity index (χ2v) is 6.96. The Morgan fingerprint density at radius 3 is 2.33 bits per heavy atom. The van der Waals surface area contributed by atoms with Crippen molar-refractivity contribution in [1.29, 1.82) is 0 Å². The van der Waals surface area contributed by atoms with Gasteiger partial charge in [0, 0.05) is 0 Å². The summed E-state index contributed by atoms with van der Waals surface area (Å²) in [5.74, 6) is -2.03. The summed E-state index contributed by atoms with van der Waals surface area (Å²) in [6, 6.07) is 6.77. The highest BCUT2D eigenvalue weighted by Crippen LogP contribution is 2.16. The summed E-state index contributed by atoms with van der Waals surface area (Å²) in [7, 11) is 0. The molecule has 0 aromatic heterocycles. The average molecular weight is 378 g/mol. The van der Waals surface area contributed by atoms with Crippen LogP contribution in [0.3, 0.4) is 0 Å². The number of rotatable bonds is 10. The number of imide groups is 1. The summed E-state index contributed by atoms with van der Waals surface area (Å²) < 4.78 is 5.13. The predicted molar refractivity (Wildman–Crippen MR) is 102 cm³/mol. The van der Waals surface area contributed by atoms with Gasteiger partial charge < -0.3 is 15.6 Å². The molecule has 2 unspecified atom stereocenters. The summed E-state index contributed by atoms with van der Waals surface area (Å²) in [5, 5.41) is 9.59. The van der Waals surface area contributed by atoms with Gasteiger partial charge in [0.05, 0.1) is 12.6 Å². The van der Waals surface area contributed by atoms with Crippen LogP contribution in [0.1, 0.15) is 45.6 Å². The Balaban J connectivity index is 3.04. The molecule has 0 saturated carbocycles. The molecule has 2 amide bonds. The minimum atomic E-state index is -1.31. The fraction of sp³-hybridized carbons (Fsp3) is 0.550. The number of carboxylic acid groups (broad SMARTS) is 1. The van der Waals surface area contributed by atoms with Gasteiger partial charge in [-0.1, -0.05) is 57.5 Å². The molecule has 7 nitrogen and oxygen atoms in total. The lowest BCUT2D eigenvalue weighted by atomic mass is 10.0. The number of carboxylic acids is 1. The number of nitrogens with two attached hydrogens (primary N) is 1. The van der Waals surface area contributed by atoms with Gasteiger partial charge in [-0.3, -0.25) is 4.79 Å². The van der Waals surface area contributed by atoms with Gasteiger partial charge >= 0.3 is 12.1 Å². The largest absolute Gasteiger partial charge is 0.480 e. The van der Waals surface area contributed by atoms with Crippen LogP contribution in [0.25, 0.3) is 0 Å². The van der Waals surface area contributed by atoms with Gasteiger partial charge in [-0.25, -0.2) is 14.5 Å². The van der Waals surface area contributed by atoms with Gasteiger partial charge in [-0.2, -0.15) is 0 Å². The van der Waals surface area contributed by atoms with E-state index in [4.69, 9.17) is 10.5 Å². The first-order valence-electron chi connectivity index (χ1n) is 9.30. The van der Waals surface area contributed by atoms with Crippen molar-refractivity contribution < 1.29 is 24.2 Å². The molecule has 0 spiro atoms. The zero-order chi connectivity index (χ0) is 20.4. The van der Waals surface area contributed by atoms with Gasteiger partial charge in [0.15, 0.2) is 0 Å². The molecule has 150 valence electrons. The Labute approximate surface area is 160 Å². The van der Waals surface area contributed by atoms with Crippen molar-refractivity contribution in [2.45, 2.75) is 58.5 Å². The zero-order valence-corrected chi connectivity index (χ0v) is 16.3. The zero-order valence-electron chi connectivity index (χ0n) is 16.3. The fourth-order valence-electron chi connectivity index (χ4n) is 2.64. The lowest BCUT2D eigenvalue weighted by molar-refractivity contribution is -0.150. The summed E-state index contributed by atoms with van der Waals surface area (Å²) in [6.07, 6.45) is 0.813. The lowest BCUT2D eigenvalue weighted by Gasteiger charge is -2.29. The number of nitrogens with zero attached hydrogens (tertiary/aromatic N) is 1. The van der Waals surface area contributed by atoms with Crippen LogP contribution in [-0.4, -0.2) is 46.7 Å². The van der Waals surface area contributed by atoms with E-state index in [1.165, 1.54) is 0 Å². The van der Waals surface area contributed by atoms with E-state index in [-0.39, 0.29) is 25.4 Å². The number of ether oxygens (including phenoxy) is 1. The van der Waals surface area contributed by atoms with Gasteiger partial charge in [0.1, 0.15) is 6.04 Å². The van der Waals surface area contributed by atoms with Gasteiger partial charge in [-0.15, -0.1) is 0 Å². The molecule has 27 heavy (non-hydrogen) atoms. The SMILES string of the molecule is CCCCOC(=O)N(C(=O)C(N)Cc1ccccc1)C(CC(C)C)C(=O)O. The molecular weight excluding hydrogens is 348 g/mol. The van der Waals surface area contributed by atoms with Crippen molar-refractivity contribution in [2.75, 3.05) is 6.61 Å². The molecule has 0 heterocycles. The van der Waals surface area contributed by atoms with Gasteiger partial charge in [0.2, 0.25) is 5.91 Å². The molecule has 3 N–H and O–H groups in total. The number of hydrogen-bond donors (Lipinski definition) is 2. The summed E-state index contributed by atoms with van der Waals surface area (Å²) in [6.45, 7) is 5.71. The minimum Gasteiger partial charge on any atom is -0.480 e. The highest BCUT2D eigenvalue weighted by Gasteiger charge is 2.38. The second kappa shape index (κ2) is 11.3. The molecule has 2 atom stereocenters. The maximum Gasteiger partial charge on any atom is 0.417 e. The molecule has 7 heteroatoms. The summed E-state index contributed by atoms with van der Waals surface area (Å²) >= 11 is 0. The van der Waals surface area contributed by atoms with Crippen LogP contribution >= 0.6 is 0 Å². The van der Waals surface area contributed by atoms with Crippen molar-refractivity contribution in [3.8, 4) is 0 Å². The van der Waals surface area contributed by atoms with Crippen LogP contribution in [0.5, 0.6) is 0 Å². The Morgan fingerprint density at radius 2 is 1.81 bits per heavy atom. The molecule has 0 aliphatic rings. The number of amides is 2. The number of hydrogen-bond acceptors (Lipinski definition) is 5. The van der Waals surface area contributed by atoms with Crippen molar-refractivity contribution in [1.82, 2.24) is 4.90 Å². The van der Waals surface area contributed by atoms with Crippen molar-refractivity contribution >= 4 is 18.0 Å². The third kappa shape index (κ3) is 7.38. The van der Waals surface area contributed by atoms with Gasteiger partial charge in [-0.05, 0) is 30.7 Å². The highest BCUT2D eigenvalue weighted by atomic mass is 16.6. The Hall–Kier alpha value is -2.41. The fourth-order valence-corrected chi connectivity index (χ4v) is 2.64. The maximum absolute atomic E-state index is 12.9. The molecule has 1 rings (SSSR count). The molecule has 0 bridgehead atoms. The number of benzene rings is 1. The quantitative estimate of drug-likeness (QED) is 0.606. The van der Waals surface area contributed by atoms with Crippen LogP contribution in [0.15, 0.2) is 30.3 Å². The van der Waals surface area contributed by atoms with Crippen LogP contribution in [0.2, 0.25) is 0 Å². The Morgan fingerprint density at radius 1 is 1.19 bits per heavy atom. The standard InChI is InChI=1S/C20H30N2O5/c1-4-5-11-27-20(26)22(17(19(24)25)12-14(2)3)18(23)16(21)13-15-9-7-6-8-10-15/h6-10,14,16-17H,4-5,11-13,21H2,1-3H3,(H,24,25). The third-order valence-corrected chi connectivity index (χ3v) is 4.06. The average Bonchev–Trinajstić information content (AvgIpc) is 2.61. The second-order valence-electron chi connectivity index (χ2n) is 6.96. The maximum atomic E-state index is 12.9. The normalized spacial score (nSPS) is 13.1. The van der Waals surface area contributed by atoms with E-state index in [1.807, 2.05) is 51.1 Å². The van der Waals surface area contributed by atoms with Crippen LogP contribution in [0.4, 0.5) is 4.79 Å². The van der Waals surface area contributed by atoms with E-state index in [0.717, 1.165) is 12.0 Å². The number of carbonyl (C=O) groups is 3. The molecule has 0 aliphatic carbocycles. The van der Waals surface area contributed by atoms with E-state index in [9.17, 15) is 19.5 Å². The van der Waals surface area contributed by atoms with Crippen LogP contribution < -0.4 is 5.73 Å². The molecular formula is C20H30N2O5. The lowest BCUT2D eigenvalue weighted by Crippen LogP contribution is -2.55. The molecule has 0 fully saturated rings. The first kappa shape index (κ1) is 22.6. The summed E-state index contributed by atoms with van der Waals surface area (Å²) in [4.78, 5) is 37.8. The van der Waals surface area contributed by atoms with Crippen molar-refractivity contribution in [2.24, 2.45) is 11.7 Å². The first-order chi connectivity index (χ1) is 12.8. The Kier molecular flexibility index (Phi) is 9.50. The molecule has 0 aliphatic heterocycles. The van der Waals surface area contributed by atoms with Crippen molar-refractivity contribution in [3.05, 3.63) is 35.9 Å². The van der Waals surface area contributed by atoms with E-state index >= 15 is 0 Å². The first-order valence-corrected chi connectivity index (χ1v) is 9.30. The summed E-state index contributed by atoms with van der Waals surface area (Å²) in [5.41, 5.74) is 6.85. The molecule has 0 saturated heterocycles. The van der Waals surface area contributed by atoms with E-state index < -0.39 is 30.1 Å². The number of unbranched alkanes of at least 4 members (excludes halogenated alkanes) is 1. The minimum absolute atomic E-state index is 0.0322. The van der Waals surface area contributed by atoms with Gasteiger partial charge in [0.25, 0.3) is 0 Å². The Bertz CT molecular complexity index is 618. The molecule has 1 aromatic carbocycles. The van der Waals surface area contributed by atoms with E-state index in [2.05, 4.69) is 0 Å². The highest BCUT2D eigenvalue weighted by molar-refractivity contribution is 5.99. The predicted octanol–water partition coefficient (Wildman–Crippen LogP) is 2.82. The smallest absolute Gasteiger partial charge is 0.417 e. The van der Waals surface area contributed by atoms with E-state index in [0.29, 0.717) is 11.3 Å². The molecule has 1 aromatic rings. The number of aliphatic carboxylic acids is 1. The topological polar surface area (TPSA) is 110 Å². The number of carbonyl (C=O) groups excluding carboxylic acids is 2. The van der Waals surface area contributed by atoms with Crippen LogP contribution in [-0.2, 0) is 20.7 Å². The van der Waals surface area contributed by atoms with Crippen molar-refractivity contribution in [3.63, 3.8) is 0 Å². The third-order valence-electron chi connectivity index (χ3n) is 4.06. The monoisotopic (exact) mass is 378 g/mol. The van der Waals surface area contributed by atoms with E-state index in [1.54, 1.807) is 0 Å². The molecule has 0 radical (unpaired) electrons. The van der Waals surface area contributed by atoms with Crippen LogP contribution in [0, 0.1) is 5.92 Å².